The van der Waals surface area contributed by atoms with Crippen LogP contribution < -0.4 is 0 Å². The lowest BCUT2D eigenvalue weighted by molar-refractivity contribution is -0.202. The van der Waals surface area contributed by atoms with Crippen LogP contribution in [-0.4, -0.2) is 32.3 Å². The van der Waals surface area contributed by atoms with E-state index >= 15 is 0 Å². The molecule has 0 bridgehead atoms. The van der Waals surface area contributed by atoms with Crippen molar-refractivity contribution in [2.75, 3.05) is 13.3 Å². The van der Waals surface area contributed by atoms with Crippen LogP contribution in [0.5, 0.6) is 0 Å². The van der Waals surface area contributed by atoms with Crippen molar-refractivity contribution >= 4 is 10.0 Å². The molecule has 0 heterocycles. The summed E-state index contributed by atoms with van der Waals surface area (Å²) in [5.41, 5.74) is 0. The quantitative estimate of drug-likeness (QED) is 0.543. The van der Waals surface area contributed by atoms with Crippen LogP contribution in [0.15, 0.2) is 0 Å². The Hall–Kier alpha value is -0.300. The first kappa shape index (κ1) is 9.70. The van der Waals surface area contributed by atoms with Gasteiger partial charge in [-0.05, 0) is 0 Å². The average molecular weight is 177 g/mol. The van der Waals surface area contributed by atoms with Gasteiger partial charge in [0.15, 0.2) is 0 Å². The Labute approximate surface area is 56.5 Å². The molecule has 0 aromatic rings. The summed E-state index contributed by atoms with van der Waals surface area (Å²) in [7, 11) is -3.70. The molecule has 0 aliphatic heterocycles. The minimum absolute atomic E-state index is 0.454. The van der Waals surface area contributed by atoms with E-state index in [4.69, 9.17) is 0 Å². The molecule has 0 saturated heterocycles. The molecule has 0 aliphatic rings. The summed E-state index contributed by atoms with van der Waals surface area (Å²) in [5, 5.41) is 0. The highest BCUT2D eigenvalue weighted by molar-refractivity contribution is 7.88. The van der Waals surface area contributed by atoms with Crippen molar-refractivity contribution in [2.45, 2.75) is 6.30 Å². The molecule has 0 fully saturated rings. The van der Waals surface area contributed by atoms with Crippen molar-refractivity contribution < 1.29 is 21.6 Å². The second-order valence-corrected chi connectivity index (χ2v) is 3.71. The van der Waals surface area contributed by atoms with Crippen LogP contribution in [0.2, 0.25) is 0 Å². The Morgan fingerprint density at radius 2 is 1.60 bits per heavy atom. The molecular formula is C3H6F3NO2S. The van der Waals surface area contributed by atoms with Gasteiger partial charge in [0.1, 0.15) is 0 Å². The second kappa shape index (κ2) is 2.39. The minimum Gasteiger partial charge on any atom is -0.212 e. The van der Waals surface area contributed by atoms with Crippen LogP contribution in [0, 0.1) is 0 Å². The number of alkyl halides is 3. The fraction of sp³-hybridized carbons (Fsp3) is 1.00. The maximum absolute atomic E-state index is 11.5. The molecule has 62 valence electrons. The van der Waals surface area contributed by atoms with E-state index in [1.807, 2.05) is 0 Å². The van der Waals surface area contributed by atoms with Gasteiger partial charge in [0.25, 0.3) is 0 Å². The van der Waals surface area contributed by atoms with Gasteiger partial charge in [0.2, 0.25) is 10.0 Å². The summed E-state index contributed by atoms with van der Waals surface area (Å²) < 4.78 is 54.2. The number of nitrogens with zero attached hydrogens (tertiary/aromatic N) is 1. The van der Waals surface area contributed by atoms with Crippen LogP contribution in [0.1, 0.15) is 0 Å². The van der Waals surface area contributed by atoms with Gasteiger partial charge in [-0.1, -0.05) is 0 Å². The van der Waals surface area contributed by atoms with Crippen LogP contribution in [0.25, 0.3) is 0 Å². The van der Waals surface area contributed by atoms with Crippen LogP contribution in [0.3, 0.4) is 0 Å². The van der Waals surface area contributed by atoms with Gasteiger partial charge in [0.05, 0.1) is 6.26 Å². The lowest BCUT2D eigenvalue weighted by Gasteiger charge is -2.16. The van der Waals surface area contributed by atoms with Gasteiger partial charge in [-0.3, -0.25) is 0 Å². The van der Waals surface area contributed by atoms with Gasteiger partial charge in [-0.15, -0.1) is 4.31 Å². The Morgan fingerprint density at radius 3 is 1.60 bits per heavy atom. The van der Waals surface area contributed by atoms with E-state index in [0.717, 1.165) is 0 Å². The molecule has 0 aliphatic carbocycles. The van der Waals surface area contributed by atoms with Gasteiger partial charge < -0.3 is 0 Å². The first-order valence-electron chi connectivity index (χ1n) is 2.16. The SMILES string of the molecule is CN(C(F)(F)F)S(C)(=O)=O. The highest BCUT2D eigenvalue weighted by Gasteiger charge is 2.40. The van der Waals surface area contributed by atoms with E-state index in [2.05, 4.69) is 0 Å². The Balaban J connectivity index is 4.56. The molecule has 0 radical (unpaired) electrons. The predicted molar refractivity (Wildman–Crippen MR) is 28.7 cm³/mol. The molecule has 3 nitrogen and oxygen atoms in total. The number of halogens is 3. The van der Waals surface area contributed by atoms with E-state index in [9.17, 15) is 21.6 Å². The molecule has 0 unspecified atom stereocenters. The molecule has 0 aromatic heterocycles. The second-order valence-electron chi connectivity index (χ2n) is 1.70. The molecule has 0 amide bonds. The summed E-state index contributed by atoms with van der Waals surface area (Å²) in [6.07, 6.45) is -4.33. The first-order valence-corrected chi connectivity index (χ1v) is 4.01. The number of hydrogen-bond acceptors (Lipinski definition) is 2. The van der Waals surface area contributed by atoms with Gasteiger partial charge >= 0.3 is 6.30 Å². The summed E-state index contributed by atoms with van der Waals surface area (Å²) in [5.74, 6) is 0. The lowest BCUT2D eigenvalue weighted by atomic mass is 11.1. The van der Waals surface area contributed by atoms with Crippen molar-refractivity contribution in [1.29, 1.82) is 0 Å². The molecule has 0 aromatic carbocycles. The van der Waals surface area contributed by atoms with Gasteiger partial charge in [0, 0.05) is 7.05 Å². The summed E-state index contributed by atoms with van der Waals surface area (Å²) in [6, 6.07) is 0. The number of rotatable bonds is 1. The lowest BCUT2D eigenvalue weighted by Crippen LogP contribution is -2.38. The van der Waals surface area contributed by atoms with Crippen molar-refractivity contribution in [3.05, 3.63) is 0 Å². The van der Waals surface area contributed by atoms with Crippen molar-refractivity contribution in [1.82, 2.24) is 4.31 Å². The van der Waals surface area contributed by atoms with Gasteiger partial charge in [-0.2, -0.15) is 13.2 Å². The monoisotopic (exact) mass is 177 g/mol. The third-order valence-corrected chi connectivity index (χ3v) is 2.06. The summed E-state index contributed by atoms with van der Waals surface area (Å²) in [4.78, 5) is 0. The fourth-order valence-corrected chi connectivity index (χ4v) is 0.564. The molecule has 0 rings (SSSR count). The van der Waals surface area contributed by atoms with Crippen molar-refractivity contribution in [2.24, 2.45) is 0 Å². The van der Waals surface area contributed by atoms with Gasteiger partial charge in [-0.25, -0.2) is 8.42 Å². The molecule has 0 spiro atoms. The van der Waals surface area contributed by atoms with E-state index in [-0.39, 0.29) is 0 Å². The maximum atomic E-state index is 11.5. The molecule has 10 heavy (non-hydrogen) atoms. The van der Waals surface area contributed by atoms with E-state index in [1.54, 1.807) is 0 Å². The first-order chi connectivity index (χ1) is 4.15. The average Bonchev–Trinajstić information content (AvgIpc) is 1.59. The summed E-state index contributed by atoms with van der Waals surface area (Å²) >= 11 is 0. The topological polar surface area (TPSA) is 37.4 Å². The zero-order chi connectivity index (χ0) is 8.58. The standard InChI is InChI=1S/C3H6F3NO2S/c1-7(3(4,5)6)10(2,8)9/h1-2H3. The summed E-state index contributed by atoms with van der Waals surface area (Å²) in [6.45, 7) is 0. The van der Waals surface area contributed by atoms with Crippen LogP contribution in [-0.2, 0) is 10.0 Å². The Kier molecular flexibility index (Phi) is 2.32. The fourth-order valence-electron chi connectivity index (χ4n) is 0.188. The highest BCUT2D eigenvalue weighted by Crippen LogP contribution is 2.21. The Bertz CT molecular complexity index is 206. The van der Waals surface area contributed by atoms with E-state index in [0.29, 0.717) is 13.3 Å². The molecule has 0 N–H and O–H groups in total. The molecule has 7 heteroatoms. The maximum Gasteiger partial charge on any atom is 0.473 e. The van der Waals surface area contributed by atoms with Crippen molar-refractivity contribution in [3.8, 4) is 0 Å². The van der Waals surface area contributed by atoms with Crippen LogP contribution in [0.4, 0.5) is 13.2 Å². The van der Waals surface area contributed by atoms with Crippen molar-refractivity contribution in [3.63, 3.8) is 0 Å². The molecular weight excluding hydrogens is 171 g/mol. The number of sulfonamides is 1. The third-order valence-electron chi connectivity index (χ3n) is 0.855. The smallest absolute Gasteiger partial charge is 0.212 e. The van der Waals surface area contributed by atoms with E-state index in [1.165, 1.54) is 0 Å². The predicted octanol–water partition coefficient (Wildman–Crippen LogP) is 0.398. The third kappa shape index (κ3) is 2.53. The minimum atomic E-state index is -4.81. The van der Waals surface area contributed by atoms with E-state index < -0.39 is 20.6 Å². The van der Waals surface area contributed by atoms with Crippen LogP contribution >= 0.6 is 0 Å². The molecule has 0 atom stereocenters. The zero-order valence-corrected chi connectivity index (χ0v) is 6.12. The largest absolute Gasteiger partial charge is 0.473 e. The zero-order valence-electron chi connectivity index (χ0n) is 5.31. The Morgan fingerprint density at radius 1 is 1.30 bits per heavy atom. The molecule has 0 saturated carbocycles. The highest BCUT2D eigenvalue weighted by atomic mass is 32.2. The normalized spacial score (nSPS) is 14.2. The number of hydrogen-bond donors (Lipinski definition) is 0.